The van der Waals surface area contributed by atoms with Crippen LogP contribution < -0.4 is 5.73 Å². The lowest BCUT2D eigenvalue weighted by atomic mass is 10.2. The minimum Gasteiger partial charge on any atom is -0.326 e. The average molecular weight is 230 g/mol. The first-order valence-electron chi connectivity index (χ1n) is 5.19. The minimum atomic E-state index is 0.606. The predicted molar refractivity (Wildman–Crippen MR) is 68.1 cm³/mol. The van der Waals surface area contributed by atoms with E-state index in [9.17, 15) is 0 Å². The highest BCUT2D eigenvalue weighted by atomic mass is 32.2. The summed E-state index contributed by atoms with van der Waals surface area (Å²) in [4.78, 5) is 5.27. The fourth-order valence-electron chi connectivity index (χ4n) is 1.37. The van der Waals surface area contributed by atoms with Crippen LogP contribution in [0.1, 0.15) is 11.1 Å². The van der Waals surface area contributed by atoms with E-state index in [0.717, 1.165) is 5.75 Å². The van der Waals surface area contributed by atoms with Crippen LogP contribution in [0.5, 0.6) is 0 Å². The number of hydrogen-bond acceptors (Lipinski definition) is 3. The first-order chi connectivity index (χ1) is 7.88. The molecular weight excluding hydrogens is 216 g/mol. The van der Waals surface area contributed by atoms with Gasteiger partial charge in [-0.1, -0.05) is 12.1 Å². The molecule has 0 atom stereocenters. The van der Waals surface area contributed by atoms with Crippen LogP contribution in [0.4, 0.5) is 0 Å². The summed E-state index contributed by atoms with van der Waals surface area (Å²) in [6.45, 7) is 0.606. The number of hydrogen-bond donors (Lipinski definition) is 1. The number of aromatic nitrogens is 1. The van der Waals surface area contributed by atoms with Crippen molar-refractivity contribution >= 4 is 11.8 Å². The van der Waals surface area contributed by atoms with Crippen molar-refractivity contribution in [3.05, 3.63) is 59.9 Å². The summed E-state index contributed by atoms with van der Waals surface area (Å²) in [5.74, 6) is 0.977. The third kappa shape index (κ3) is 3.08. The molecule has 0 aliphatic heterocycles. The molecule has 0 spiro atoms. The van der Waals surface area contributed by atoms with Crippen molar-refractivity contribution < 1.29 is 0 Å². The predicted octanol–water partition coefficient (Wildman–Crippen LogP) is 2.83. The van der Waals surface area contributed by atoms with Gasteiger partial charge < -0.3 is 5.73 Å². The zero-order chi connectivity index (χ0) is 11.2. The van der Waals surface area contributed by atoms with Crippen molar-refractivity contribution in [2.75, 3.05) is 0 Å². The van der Waals surface area contributed by atoms with Crippen molar-refractivity contribution in [3.63, 3.8) is 0 Å². The van der Waals surface area contributed by atoms with Gasteiger partial charge in [0.05, 0.1) is 0 Å². The quantitative estimate of drug-likeness (QED) is 0.821. The molecule has 0 amide bonds. The van der Waals surface area contributed by atoms with Crippen LogP contribution in [-0.2, 0) is 12.3 Å². The van der Waals surface area contributed by atoms with Crippen LogP contribution in [0.25, 0.3) is 0 Å². The molecule has 16 heavy (non-hydrogen) atoms. The Bertz CT molecular complexity index is 425. The first-order valence-corrected chi connectivity index (χ1v) is 6.18. The third-order valence-electron chi connectivity index (χ3n) is 2.31. The maximum absolute atomic E-state index is 5.55. The molecule has 0 radical (unpaired) electrons. The molecule has 0 bridgehead atoms. The Morgan fingerprint density at radius 2 is 1.62 bits per heavy atom. The molecule has 1 aromatic heterocycles. The highest BCUT2D eigenvalue weighted by molar-refractivity contribution is 7.98. The first kappa shape index (κ1) is 11.2. The summed E-state index contributed by atoms with van der Waals surface area (Å²) < 4.78 is 0. The number of thioether (sulfide) groups is 1. The summed E-state index contributed by atoms with van der Waals surface area (Å²) in [7, 11) is 0. The van der Waals surface area contributed by atoms with E-state index < -0.39 is 0 Å². The highest BCUT2D eigenvalue weighted by Crippen LogP contribution is 2.22. The topological polar surface area (TPSA) is 38.9 Å². The van der Waals surface area contributed by atoms with Gasteiger partial charge in [0.25, 0.3) is 0 Å². The monoisotopic (exact) mass is 230 g/mol. The van der Waals surface area contributed by atoms with Crippen LogP contribution in [0.3, 0.4) is 0 Å². The average Bonchev–Trinajstić information content (AvgIpc) is 2.38. The Labute approximate surface area is 99.9 Å². The van der Waals surface area contributed by atoms with Crippen molar-refractivity contribution in [2.45, 2.75) is 17.2 Å². The molecule has 2 rings (SSSR count). The van der Waals surface area contributed by atoms with Crippen LogP contribution in [0.2, 0.25) is 0 Å². The maximum Gasteiger partial charge on any atom is 0.0270 e. The van der Waals surface area contributed by atoms with Gasteiger partial charge in [0.15, 0.2) is 0 Å². The number of benzene rings is 1. The molecule has 3 heteroatoms. The van der Waals surface area contributed by atoms with E-state index >= 15 is 0 Å². The van der Waals surface area contributed by atoms with Crippen molar-refractivity contribution in [1.82, 2.24) is 4.98 Å². The maximum atomic E-state index is 5.55. The Hall–Kier alpha value is -1.32. The van der Waals surface area contributed by atoms with E-state index in [1.807, 2.05) is 36.3 Å². The Morgan fingerprint density at radius 3 is 2.25 bits per heavy atom. The van der Waals surface area contributed by atoms with Crippen LogP contribution >= 0.6 is 11.8 Å². The van der Waals surface area contributed by atoms with Gasteiger partial charge in [0, 0.05) is 29.6 Å². The molecule has 82 valence electrons. The summed E-state index contributed by atoms with van der Waals surface area (Å²) in [6.07, 6.45) is 3.65. The molecule has 0 fully saturated rings. The lowest BCUT2D eigenvalue weighted by Crippen LogP contribution is -1.94. The van der Waals surface area contributed by atoms with E-state index in [0.29, 0.717) is 6.54 Å². The van der Waals surface area contributed by atoms with E-state index in [1.165, 1.54) is 16.0 Å². The fourth-order valence-corrected chi connectivity index (χ4v) is 2.22. The molecule has 1 heterocycles. The normalized spacial score (nSPS) is 10.3. The zero-order valence-electron chi connectivity index (χ0n) is 8.97. The Morgan fingerprint density at radius 1 is 0.938 bits per heavy atom. The smallest absolute Gasteiger partial charge is 0.0270 e. The lowest BCUT2D eigenvalue weighted by molar-refractivity contribution is 1.07. The van der Waals surface area contributed by atoms with Gasteiger partial charge in [0.2, 0.25) is 0 Å². The molecule has 0 aliphatic rings. The van der Waals surface area contributed by atoms with Crippen LogP contribution in [-0.4, -0.2) is 4.98 Å². The van der Waals surface area contributed by atoms with Gasteiger partial charge in [-0.15, -0.1) is 11.8 Å². The van der Waals surface area contributed by atoms with Gasteiger partial charge in [-0.05, 0) is 35.4 Å². The third-order valence-corrected chi connectivity index (χ3v) is 3.40. The highest BCUT2D eigenvalue weighted by Gasteiger charge is 1.96. The number of nitrogens with zero attached hydrogens (tertiary/aromatic N) is 1. The second-order valence-corrected chi connectivity index (χ2v) is 4.54. The molecule has 1 aromatic carbocycles. The molecule has 0 saturated heterocycles. The largest absolute Gasteiger partial charge is 0.326 e. The number of nitrogens with two attached hydrogens (primary N) is 1. The standard InChI is InChI=1S/C13H14N2S/c14-9-11-1-3-13(4-2-11)16-10-12-5-7-15-8-6-12/h1-8H,9-10,14H2. The molecule has 2 N–H and O–H groups in total. The summed E-state index contributed by atoms with van der Waals surface area (Å²) in [6, 6.07) is 12.5. The second-order valence-electron chi connectivity index (χ2n) is 3.49. The minimum absolute atomic E-state index is 0.606. The van der Waals surface area contributed by atoms with Gasteiger partial charge in [0.1, 0.15) is 0 Å². The van der Waals surface area contributed by atoms with E-state index in [4.69, 9.17) is 5.73 Å². The van der Waals surface area contributed by atoms with Gasteiger partial charge >= 0.3 is 0 Å². The summed E-state index contributed by atoms with van der Waals surface area (Å²) in [5, 5.41) is 0. The molecule has 2 nitrogen and oxygen atoms in total. The van der Waals surface area contributed by atoms with Crippen LogP contribution in [0.15, 0.2) is 53.7 Å². The van der Waals surface area contributed by atoms with E-state index in [1.54, 1.807) is 0 Å². The Balaban J connectivity index is 1.94. The van der Waals surface area contributed by atoms with Gasteiger partial charge in [-0.2, -0.15) is 0 Å². The zero-order valence-corrected chi connectivity index (χ0v) is 9.78. The van der Waals surface area contributed by atoms with Gasteiger partial charge in [-0.25, -0.2) is 0 Å². The van der Waals surface area contributed by atoms with Crippen molar-refractivity contribution in [3.8, 4) is 0 Å². The van der Waals surface area contributed by atoms with Crippen molar-refractivity contribution in [2.24, 2.45) is 5.73 Å². The lowest BCUT2D eigenvalue weighted by Gasteiger charge is -2.02. The Kier molecular flexibility index (Phi) is 3.97. The van der Waals surface area contributed by atoms with E-state index in [-0.39, 0.29) is 0 Å². The summed E-state index contributed by atoms with van der Waals surface area (Å²) >= 11 is 1.82. The van der Waals surface area contributed by atoms with Crippen LogP contribution in [0, 0.1) is 0 Å². The second kappa shape index (κ2) is 5.68. The molecule has 0 unspecified atom stereocenters. The number of pyridine rings is 1. The number of rotatable bonds is 4. The summed E-state index contributed by atoms with van der Waals surface area (Å²) in [5.41, 5.74) is 8.02. The van der Waals surface area contributed by atoms with Crippen molar-refractivity contribution in [1.29, 1.82) is 0 Å². The SMILES string of the molecule is NCc1ccc(SCc2ccncc2)cc1. The molecule has 0 aliphatic carbocycles. The van der Waals surface area contributed by atoms with Gasteiger partial charge in [-0.3, -0.25) is 4.98 Å². The molecule has 2 aromatic rings. The van der Waals surface area contributed by atoms with E-state index in [2.05, 4.69) is 29.2 Å². The molecular formula is C13H14N2S. The fraction of sp³-hybridized carbons (Fsp3) is 0.154. The molecule has 0 saturated carbocycles.